The van der Waals surface area contributed by atoms with Gasteiger partial charge in [-0.1, -0.05) is 12.1 Å². The molecule has 1 aromatic carbocycles. The quantitative estimate of drug-likeness (QED) is 0.820. The Morgan fingerprint density at radius 3 is 2.72 bits per heavy atom. The minimum absolute atomic E-state index is 0.357. The predicted octanol–water partition coefficient (Wildman–Crippen LogP) is 3.52. The van der Waals surface area contributed by atoms with Crippen LogP contribution in [0, 0.1) is 0 Å². The first kappa shape index (κ1) is 17.3. The van der Waals surface area contributed by atoms with E-state index in [1.54, 1.807) is 7.11 Å². The molecule has 2 aliphatic heterocycles. The molecule has 0 spiro atoms. The van der Waals surface area contributed by atoms with Crippen LogP contribution in [0.2, 0.25) is 0 Å². The van der Waals surface area contributed by atoms with Gasteiger partial charge in [0.2, 0.25) is 0 Å². The fourth-order valence-electron chi connectivity index (χ4n) is 4.41. The van der Waals surface area contributed by atoms with Crippen LogP contribution in [0.3, 0.4) is 0 Å². The van der Waals surface area contributed by atoms with E-state index < -0.39 is 0 Å². The molecule has 2 heterocycles. The Hall–Kier alpha value is -1.10. The van der Waals surface area contributed by atoms with E-state index in [1.807, 2.05) is 6.07 Å². The Morgan fingerprint density at radius 1 is 1.20 bits per heavy atom. The third-order valence-corrected chi connectivity index (χ3v) is 6.05. The number of nitrogens with one attached hydrogen (secondary N) is 1. The van der Waals surface area contributed by atoms with E-state index in [1.165, 1.54) is 57.2 Å². The van der Waals surface area contributed by atoms with E-state index in [2.05, 4.69) is 28.4 Å². The van der Waals surface area contributed by atoms with Crippen molar-refractivity contribution in [3.05, 3.63) is 29.8 Å². The third kappa shape index (κ3) is 4.55. The highest BCUT2D eigenvalue weighted by Gasteiger charge is 2.33. The lowest BCUT2D eigenvalue weighted by molar-refractivity contribution is 0.0902. The average Bonchev–Trinajstić information content (AvgIpc) is 3.39. The monoisotopic (exact) mass is 344 g/mol. The standard InChI is InChI=1S/C21H32N2O2/c1-24-19-5-2-4-16(14-19)21(15-20-6-3-13-25-20)22-17-9-11-23(12-10-17)18-7-8-18/h2,4-5,14,17-18,20-22H,3,6-13,15H2,1H3/t20-,21-/m1/s1. The Kier molecular flexibility index (Phi) is 5.59. The van der Waals surface area contributed by atoms with Gasteiger partial charge < -0.3 is 19.7 Å². The summed E-state index contributed by atoms with van der Waals surface area (Å²) in [6.07, 6.45) is 9.24. The van der Waals surface area contributed by atoms with Crippen LogP contribution < -0.4 is 10.1 Å². The summed E-state index contributed by atoms with van der Waals surface area (Å²) in [5.41, 5.74) is 1.33. The maximum Gasteiger partial charge on any atom is 0.119 e. The van der Waals surface area contributed by atoms with Crippen LogP contribution in [0.4, 0.5) is 0 Å². The summed E-state index contributed by atoms with van der Waals surface area (Å²) in [5, 5.41) is 3.97. The molecule has 2 saturated heterocycles. The van der Waals surface area contributed by atoms with Crippen LogP contribution in [0.25, 0.3) is 0 Å². The number of nitrogens with zero attached hydrogens (tertiary/aromatic N) is 1. The highest BCUT2D eigenvalue weighted by molar-refractivity contribution is 5.30. The first-order chi connectivity index (χ1) is 12.3. The minimum atomic E-state index is 0.357. The zero-order valence-electron chi connectivity index (χ0n) is 15.5. The van der Waals surface area contributed by atoms with Gasteiger partial charge in [-0.2, -0.15) is 0 Å². The summed E-state index contributed by atoms with van der Waals surface area (Å²) in [6, 6.07) is 10.4. The normalized spacial score (nSPS) is 26.7. The van der Waals surface area contributed by atoms with Gasteiger partial charge in [-0.25, -0.2) is 0 Å². The molecule has 25 heavy (non-hydrogen) atoms. The fourth-order valence-corrected chi connectivity index (χ4v) is 4.41. The van der Waals surface area contributed by atoms with Crippen molar-refractivity contribution in [3.8, 4) is 5.75 Å². The summed E-state index contributed by atoms with van der Waals surface area (Å²) in [6.45, 7) is 3.44. The molecule has 0 bridgehead atoms. The number of rotatable bonds is 7. The first-order valence-corrected chi connectivity index (χ1v) is 10.1. The molecule has 1 aliphatic carbocycles. The van der Waals surface area contributed by atoms with Crippen LogP contribution in [0.15, 0.2) is 24.3 Å². The largest absolute Gasteiger partial charge is 0.497 e. The Balaban J connectivity index is 1.41. The number of hydrogen-bond donors (Lipinski definition) is 1. The topological polar surface area (TPSA) is 33.7 Å². The summed E-state index contributed by atoms with van der Waals surface area (Å²) in [5.74, 6) is 0.945. The molecule has 0 radical (unpaired) electrons. The molecular weight excluding hydrogens is 312 g/mol. The SMILES string of the molecule is COc1cccc([C@@H](C[C@H]2CCCO2)NC2CCN(C3CC3)CC2)c1. The number of ether oxygens (including phenoxy) is 2. The molecule has 3 fully saturated rings. The number of methoxy groups -OCH3 is 1. The van der Waals surface area contributed by atoms with Crippen LogP contribution in [0.1, 0.15) is 56.6 Å². The van der Waals surface area contributed by atoms with E-state index in [9.17, 15) is 0 Å². The molecule has 3 aliphatic rings. The van der Waals surface area contributed by atoms with E-state index >= 15 is 0 Å². The number of likely N-dealkylation sites (tertiary alicyclic amines) is 1. The predicted molar refractivity (Wildman–Crippen MR) is 100 cm³/mol. The second-order valence-electron chi connectivity index (χ2n) is 7.91. The zero-order valence-corrected chi connectivity index (χ0v) is 15.5. The van der Waals surface area contributed by atoms with Gasteiger partial charge in [-0.15, -0.1) is 0 Å². The van der Waals surface area contributed by atoms with E-state index in [0.29, 0.717) is 18.2 Å². The smallest absolute Gasteiger partial charge is 0.119 e. The van der Waals surface area contributed by atoms with Gasteiger partial charge in [0, 0.05) is 24.7 Å². The lowest BCUT2D eigenvalue weighted by Gasteiger charge is -2.35. The molecule has 4 heteroatoms. The van der Waals surface area contributed by atoms with Gasteiger partial charge in [-0.05, 0) is 75.7 Å². The number of benzene rings is 1. The van der Waals surface area contributed by atoms with Crippen molar-refractivity contribution in [2.75, 3.05) is 26.8 Å². The Labute approximate surface area is 151 Å². The summed E-state index contributed by atoms with van der Waals surface area (Å²) in [7, 11) is 1.75. The second kappa shape index (κ2) is 8.07. The average molecular weight is 344 g/mol. The summed E-state index contributed by atoms with van der Waals surface area (Å²) >= 11 is 0. The van der Waals surface area contributed by atoms with Crippen molar-refractivity contribution in [3.63, 3.8) is 0 Å². The Bertz CT molecular complexity index is 547. The van der Waals surface area contributed by atoms with Crippen molar-refractivity contribution in [1.82, 2.24) is 10.2 Å². The molecule has 0 unspecified atom stereocenters. The second-order valence-corrected chi connectivity index (χ2v) is 7.91. The molecular formula is C21H32N2O2. The lowest BCUT2D eigenvalue weighted by Crippen LogP contribution is -2.44. The molecule has 1 aromatic rings. The van der Waals surface area contributed by atoms with Gasteiger partial charge >= 0.3 is 0 Å². The third-order valence-electron chi connectivity index (χ3n) is 6.05. The minimum Gasteiger partial charge on any atom is -0.497 e. The van der Waals surface area contributed by atoms with Crippen LogP contribution in [0.5, 0.6) is 5.75 Å². The lowest BCUT2D eigenvalue weighted by atomic mass is 9.96. The Morgan fingerprint density at radius 2 is 2.04 bits per heavy atom. The van der Waals surface area contributed by atoms with E-state index in [-0.39, 0.29) is 0 Å². The molecule has 0 amide bonds. The molecule has 2 atom stereocenters. The van der Waals surface area contributed by atoms with E-state index in [0.717, 1.165) is 24.8 Å². The van der Waals surface area contributed by atoms with Crippen molar-refractivity contribution in [2.24, 2.45) is 0 Å². The van der Waals surface area contributed by atoms with Crippen molar-refractivity contribution >= 4 is 0 Å². The molecule has 0 aromatic heterocycles. The van der Waals surface area contributed by atoms with Gasteiger partial charge in [0.25, 0.3) is 0 Å². The maximum absolute atomic E-state index is 5.93. The molecule has 138 valence electrons. The van der Waals surface area contributed by atoms with Gasteiger partial charge in [0.15, 0.2) is 0 Å². The fraction of sp³-hybridized carbons (Fsp3) is 0.714. The molecule has 1 N–H and O–H groups in total. The van der Waals surface area contributed by atoms with Crippen molar-refractivity contribution in [1.29, 1.82) is 0 Å². The van der Waals surface area contributed by atoms with Crippen molar-refractivity contribution < 1.29 is 9.47 Å². The molecule has 4 rings (SSSR count). The summed E-state index contributed by atoms with van der Waals surface area (Å²) in [4.78, 5) is 2.69. The highest BCUT2D eigenvalue weighted by Crippen LogP contribution is 2.31. The summed E-state index contributed by atoms with van der Waals surface area (Å²) < 4.78 is 11.4. The van der Waals surface area contributed by atoms with Crippen molar-refractivity contribution in [2.45, 2.75) is 69.2 Å². The highest BCUT2D eigenvalue weighted by atomic mass is 16.5. The van der Waals surface area contributed by atoms with Gasteiger partial charge in [0.1, 0.15) is 5.75 Å². The zero-order chi connectivity index (χ0) is 17.1. The number of piperidine rings is 1. The van der Waals surface area contributed by atoms with Crippen LogP contribution in [-0.2, 0) is 4.74 Å². The van der Waals surface area contributed by atoms with Crippen LogP contribution in [-0.4, -0.2) is 49.9 Å². The van der Waals surface area contributed by atoms with Gasteiger partial charge in [-0.3, -0.25) is 0 Å². The van der Waals surface area contributed by atoms with Gasteiger partial charge in [0.05, 0.1) is 13.2 Å². The first-order valence-electron chi connectivity index (χ1n) is 10.1. The molecule has 4 nitrogen and oxygen atoms in total. The molecule has 1 saturated carbocycles. The van der Waals surface area contributed by atoms with E-state index in [4.69, 9.17) is 9.47 Å². The number of hydrogen-bond acceptors (Lipinski definition) is 4. The van der Waals surface area contributed by atoms with Crippen LogP contribution >= 0.6 is 0 Å². The maximum atomic E-state index is 5.93.